The lowest BCUT2D eigenvalue weighted by atomic mass is 9.91. The first kappa shape index (κ1) is 55.9. The van der Waals surface area contributed by atoms with E-state index in [1.807, 2.05) is 24.8 Å². The molecule has 0 atom stereocenters. The monoisotopic (exact) mass is 1220 g/mol. The van der Waals surface area contributed by atoms with E-state index in [0.717, 1.165) is 145 Å². The predicted octanol–water partition coefficient (Wildman–Crippen LogP) is 24.2. The van der Waals surface area contributed by atoms with Crippen LogP contribution in [0.3, 0.4) is 0 Å². The summed E-state index contributed by atoms with van der Waals surface area (Å²) >= 11 is 0. The Hall–Kier alpha value is -12.9. The predicted molar refractivity (Wildman–Crippen MR) is 401 cm³/mol. The molecule has 0 aliphatic carbocycles. The Labute approximate surface area is 556 Å². The number of rotatable bonds is 14. The number of benzene rings is 14. The van der Waals surface area contributed by atoms with Crippen molar-refractivity contribution in [1.29, 1.82) is 0 Å². The Balaban J connectivity index is 0.887. The Morgan fingerprint density at radius 2 is 0.552 bits per heavy atom. The molecule has 0 radical (unpaired) electrons. The van der Waals surface area contributed by atoms with Crippen LogP contribution in [0.5, 0.6) is 0 Å². The van der Waals surface area contributed by atoms with Gasteiger partial charge in [-0.2, -0.15) is 0 Å². The van der Waals surface area contributed by atoms with E-state index < -0.39 is 0 Å². The van der Waals surface area contributed by atoms with Gasteiger partial charge in [-0.3, -0.25) is 9.97 Å². The average Bonchev–Trinajstić information content (AvgIpc) is 1.64. The van der Waals surface area contributed by atoms with Crippen LogP contribution in [0, 0.1) is 0 Å². The van der Waals surface area contributed by atoms with Crippen molar-refractivity contribution in [3.05, 3.63) is 365 Å². The summed E-state index contributed by atoms with van der Waals surface area (Å²) in [5, 5.41) is 9.34. The molecular weight excluding hydrogens is 1170 g/mol. The number of aromatic nitrogens is 4. The number of hydrogen-bond acceptors (Lipinski definition) is 4. The third kappa shape index (κ3) is 9.58. The number of hydrogen-bond donors (Lipinski definition) is 0. The lowest BCUT2D eigenvalue weighted by Gasteiger charge is -2.30. The SMILES string of the molecule is c1ccc(-c2c(-c3ccccc3)n(-c3ccccc3)c3cc(N(c4cccc(-c5ccncc5)c4)c4ccc5ccc6c(N(c7cccc(-c8ccncc8)c7)c7ccc8c(-c9ccccc9)c(-c9ccccc9)n(-c9ccccc9)c8c7)ccc7ccc4c5c76)ccc23)cc1. The normalized spacial score (nSPS) is 11.5. The summed E-state index contributed by atoms with van der Waals surface area (Å²) in [6, 6.07) is 124. The molecule has 4 heterocycles. The zero-order chi connectivity index (χ0) is 63.5. The minimum Gasteiger partial charge on any atom is -0.310 e. The molecule has 0 saturated heterocycles. The van der Waals surface area contributed by atoms with Gasteiger partial charge < -0.3 is 18.9 Å². The van der Waals surface area contributed by atoms with Gasteiger partial charge in [0.05, 0.1) is 33.8 Å². The van der Waals surface area contributed by atoms with Crippen molar-refractivity contribution >= 4 is 88.2 Å². The van der Waals surface area contributed by atoms with Gasteiger partial charge in [0, 0.05) is 91.6 Å². The van der Waals surface area contributed by atoms with Crippen molar-refractivity contribution in [3.63, 3.8) is 0 Å². The number of fused-ring (bicyclic) bond motifs is 2. The topological polar surface area (TPSA) is 42.1 Å². The molecule has 450 valence electrons. The van der Waals surface area contributed by atoms with Gasteiger partial charge in [0.1, 0.15) is 0 Å². The molecule has 0 amide bonds. The third-order valence-electron chi connectivity index (χ3n) is 19.0. The molecule has 18 rings (SSSR count). The van der Waals surface area contributed by atoms with Crippen molar-refractivity contribution in [2.75, 3.05) is 9.80 Å². The Kier molecular flexibility index (Phi) is 13.8. The molecule has 6 nitrogen and oxygen atoms in total. The highest BCUT2D eigenvalue weighted by Crippen LogP contribution is 2.52. The summed E-state index contributed by atoms with van der Waals surface area (Å²) < 4.78 is 4.93. The van der Waals surface area contributed by atoms with Crippen molar-refractivity contribution in [2.24, 2.45) is 0 Å². The van der Waals surface area contributed by atoms with E-state index in [0.29, 0.717) is 0 Å². The number of anilines is 6. The average molecular weight is 1230 g/mol. The van der Waals surface area contributed by atoms with Crippen molar-refractivity contribution in [2.45, 2.75) is 0 Å². The van der Waals surface area contributed by atoms with E-state index in [2.05, 4.69) is 369 Å². The highest BCUT2D eigenvalue weighted by molar-refractivity contribution is 6.28. The van der Waals surface area contributed by atoms with E-state index in [1.54, 1.807) is 0 Å². The van der Waals surface area contributed by atoms with E-state index in [-0.39, 0.29) is 0 Å². The molecule has 0 bridgehead atoms. The van der Waals surface area contributed by atoms with Crippen LogP contribution in [0.25, 0.3) is 133 Å². The standard InChI is InChI=1S/C90H60N6/c1-7-21-63(22-8-1)87-79-45-41-75(59-83(79)95(71-31-15-5-16-32-71)89(87)67-25-11-3-12-26-67)93(73-35-19-29-69(57-73)61-49-53-91-54-50-61)81-47-39-65-38-44-78-82(48-40-66-37-43-77(81)85(65)86(66)78)94(74-36-20-30-70(58-74)62-51-55-92-56-52-62)76-42-46-80-84(60-76)96(72-33-17-6-18-34-72)90(68-27-13-4-14-28-68)88(80)64-23-9-2-10-24-64/h1-60H. The molecule has 14 aromatic carbocycles. The van der Waals surface area contributed by atoms with Gasteiger partial charge in [0.25, 0.3) is 0 Å². The Morgan fingerprint density at radius 1 is 0.229 bits per heavy atom. The maximum atomic E-state index is 4.41. The summed E-state index contributed by atoms with van der Waals surface area (Å²) in [6.45, 7) is 0. The first-order valence-electron chi connectivity index (χ1n) is 32.7. The largest absolute Gasteiger partial charge is 0.310 e. The molecule has 0 fully saturated rings. The highest BCUT2D eigenvalue weighted by Gasteiger charge is 2.28. The summed E-state index contributed by atoms with van der Waals surface area (Å²) in [7, 11) is 0. The molecule has 4 aromatic heterocycles. The van der Waals surface area contributed by atoms with Crippen molar-refractivity contribution in [3.8, 4) is 78.4 Å². The fraction of sp³-hybridized carbons (Fsp3) is 0. The van der Waals surface area contributed by atoms with Gasteiger partial charge in [-0.1, -0.05) is 231 Å². The summed E-state index contributed by atoms with van der Waals surface area (Å²) in [6.07, 6.45) is 7.49. The zero-order valence-corrected chi connectivity index (χ0v) is 52.3. The van der Waals surface area contributed by atoms with E-state index in [4.69, 9.17) is 0 Å². The maximum Gasteiger partial charge on any atom is 0.0619 e. The quantitative estimate of drug-likeness (QED) is 0.102. The molecule has 96 heavy (non-hydrogen) atoms. The van der Waals surface area contributed by atoms with Gasteiger partial charge >= 0.3 is 0 Å². The van der Waals surface area contributed by atoms with Gasteiger partial charge in [-0.25, -0.2) is 0 Å². The van der Waals surface area contributed by atoms with Crippen LogP contribution >= 0.6 is 0 Å². The molecule has 0 aliphatic heterocycles. The Morgan fingerprint density at radius 3 is 0.938 bits per heavy atom. The van der Waals surface area contributed by atoms with Crippen LogP contribution in [-0.4, -0.2) is 19.1 Å². The van der Waals surface area contributed by atoms with E-state index in [9.17, 15) is 0 Å². The summed E-state index contributed by atoms with van der Waals surface area (Å²) in [5.74, 6) is 0. The first-order valence-corrected chi connectivity index (χ1v) is 32.7. The van der Waals surface area contributed by atoms with Crippen molar-refractivity contribution in [1.82, 2.24) is 19.1 Å². The van der Waals surface area contributed by atoms with E-state index >= 15 is 0 Å². The van der Waals surface area contributed by atoms with Crippen molar-refractivity contribution < 1.29 is 0 Å². The minimum atomic E-state index is 1.03. The van der Waals surface area contributed by atoms with Gasteiger partial charge in [-0.15, -0.1) is 0 Å². The zero-order valence-electron chi connectivity index (χ0n) is 52.3. The molecule has 18 aromatic rings. The minimum absolute atomic E-state index is 1.03. The fourth-order valence-corrected chi connectivity index (χ4v) is 14.8. The molecule has 0 unspecified atom stereocenters. The van der Waals surface area contributed by atoms with Crippen LogP contribution in [0.2, 0.25) is 0 Å². The van der Waals surface area contributed by atoms with Crippen LogP contribution in [0.1, 0.15) is 0 Å². The number of para-hydroxylation sites is 2. The molecule has 0 spiro atoms. The molecule has 6 heteroatoms. The summed E-state index contributed by atoms with van der Waals surface area (Å²) in [5.41, 5.74) is 24.3. The smallest absolute Gasteiger partial charge is 0.0619 e. The van der Waals surface area contributed by atoms with Gasteiger partial charge in [0.15, 0.2) is 0 Å². The highest BCUT2D eigenvalue weighted by atomic mass is 15.2. The molecule has 0 aliphatic rings. The number of nitrogens with zero attached hydrogens (tertiary/aromatic N) is 6. The van der Waals surface area contributed by atoms with Gasteiger partial charge in [-0.05, 0) is 175 Å². The lowest BCUT2D eigenvalue weighted by molar-refractivity contribution is 1.13. The fourth-order valence-electron chi connectivity index (χ4n) is 14.8. The maximum absolute atomic E-state index is 4.41. The molecular formula is C90H60N6. The van der Waals surface area contributed by atoms with E-state index in [1.165, 1.54) is 21.9 Å². The molecule has 0 saturated carbocycles. The van der Waals surface area contributed by atoms with Crippen LogP contribution in [-0.2, 0) is 0 Å². The second-order valence-electron chi connectivity index (χ2n) is 24.5. The van der Waals surface area contributed by atoms with Gasteiger partial charge in [0.2, 0.25) is 0 Å². The first-order chi connectivity index (χ1) is 47.7. The third-order valence-corrected chi connectivity index (χ3v) is 19.0. The number of pyridine rings is 2. The lowest BCUT2D eigenvalue weighted by Crippen LogP contribution is -2.12. The molecule has 0 N–H and O–H groups in total. The Bertz CT molecular complexity index is 5490. The van der Waals surface area contributed by atoms with Crippen LogP contribution in [0.15, 0.2) is 365 Å². The van der Waals surface area contributed by atoms with Crippen LogP contribution < -0.4 is 9.80 Å². The van der Waals surface area contributed by atoms with Crippen LogP contribution in [0.4, 0.5) is 34.1 Å². The second kappa shape index (κ2) is 23.7. The summed E-state index contributed by atoms with van der Waals surface area (Å²) in [4.78, 5) is 13.8. The second-order valence-corrected chi connectivity index (χ2v) is 24.5.